The van der Waals surface area contributed by atoms with Crippen LogP contribution in [0.2, 0.25) is 0 Å². The van der Waals surface area contributed by atoms with Crippen LogP contribution < -0.4 is 9.47 Å². The first-order valence-electron chi connectivity index (χ1n) is 5.33. The van der Waals surface area contributed by atoms with Gasteiger partial charge in [-0.15, -0.1) is 11.8 Å². The highest BCUT2D eigenvalue weighted by atomic mass is 32.2. The van der Waals surface area contributed by atoms with Crippen LogP contribution in [-0.4, -0.2) is 28.9 Å². The maximum atomic E-state index is 10.6. The molecule has 0 aliphatic carbocycles. The van der Waals surface area contributed by atoms with Crippen molar-refractivity contribution in [3.05, 3.63) is 23.8 Å². The number of rotatable bonds is 5. The molecule has 0 aromatic heterocycles. The van der Waals surface area contributed by atoms with Crippen molar-refractivity contribution >= 4 is 17.7 Å². The van der Waals surface area contributed by atoms with Crippen molar-refractivity contribution in [1.29, 1.82) is 5.26 Å². The van der Waals surface area contributed by atoms with Gasteiger partial charge >= 0.3 is 5.97 Å². The van der Waals surface area contributed by atoms with E-state index >= 15 is 0 Å². The van der Waals surface area contributed by atoms with Crippen molar-refractivity contribution < 1.29 is 19.4 Å². The number of thioether (sulfide) groups is 1. The summed E-state index contributed by atoms with van der Waals surface area (Å²) in [6, 6.07) is 7.38. The van der Waals surface area contributed by atoms with Gasteiger partial charge in [0, 0.05) is 0 Å². The monoisotopic (exact) mass is 265 g/mol. The molecule has 0 spiro atoms. The summed E-state index contributed by atoms with van der Waals surface area (Å²) >= 11 is 1.13. The third-order valence-corrected chi connectivity index (χ3v) is 3.53. The quantitative estimate of drug-likeness (QED) is 0.872. The zero-order chi connectivity index (χ0) is 13.0. The average molecular weight is 265 g/mol. The zero-order valence-corrected chi connectivity index (χ0v) is 10.3. The minimum Gasteiger partial charge on any atom is -0.480 e. The molecule has 1 aliphatic rings. The highest BCUT2D eigenvalue weighted by molar-refractivity contribution is 8.00. The van der Waals surface area contributed by atoms with E-state index in [1.54, 1.807) is 6.07 Å². The summed E-state index contributed by atoms with van der Waals surface area (Å²) in [5, 5.41) is 16.3. The van der Waals surface area contributed by atoms with Crippen LogP contribution in [0.15, 0.2) is 18.2 Å². The maximum Gasteiger partial charge on any atom is 0.331 e. The predicted molar refractivity (Wildman–Crippen MR) is 65.8 cm³/mol. The van der Waals surface area contributed by atoms with Gasteiger partial charge in [-0.05, 0) is 29.9 Å². The number of hydrogen-bond donors (Lipinski definition) is 1. The molecule has 1 aromatic carbocycles. The van der Waals surface area contributed by atoms with Gasteiger partial charge in [0.05, 0.1) is 6.07 Å². The molecule has 0 fully saturated rings. The summed E-state index contributed by atoms with van der Waals surface area (Å²) in [6.45, 7) is 0.239. The molecule has 2 rings (SSSR count). The molecule has 1 unspecified atom stereocenters. The first kappa shape index (κ1) is 12.6. The molecule has 94 valence electrons. The molecule has 1 heterocycles. The number of aliphatic carboxylic acids is 1. The number of benzene rings is 1. The van der Waals surface area contributed by atoms with Crippen LogP contribution in [0.4, 0.5) is 0 Å². The Kier molecular flexibility index (Phi) is 3.95. The molecule has 0 bridgehead atoms. The minimum absolute atomic E-state index is 0.239. The van der Waals surface area contributed by atoms with Crippen LogP contribution in [0.5, 0.6) is 11.5 Å². The Labute approximate surface area is 108 Å². The van der Waals surface area contributed by atoms with E-state index in [0.29, 0.717) is 17.9 Å². The molecule has 0 saturated carbocycles. The lowest BCUT2D eigenvalue weighted by Crippen LogP contribution is -2.14. The lowest BCUT2D eigenvalue weighted by Gasteiger charge is -2.05. The SMILES string of the molecule is N#CC(SCCc1ccc2c(c1)OCO2)C(=O)O. The third-order valence-electron chi connectivity index (χ3n) is 2.45. The van der Waals surface area contributed by atoms with Crippen LogP contribution in [0.1, 0.15) is 5.56 Å². The second-order valence-electron chi connectivity index (χ2n) is 3.66. The molecule has 0 radical (unpaired) electrons. The molecular formula is C12H11NO4S. The van der Waals surface area contributed by atoms with E-state index < -0.39 is 11.2 Å². The number of fused-ring (bicyclic) bond motifs is 1. The first-order valence-corrected chi connectivity index (χ1v) is 6.38. The van der Waals surface area contributed by atoms with Crippen LogP contribution in [0.3, 0.4) is 0 Å². The summed E-state index contributed by atoms with van der Waals surface area (Å²) in [5.74, 6) is 0.928. The third kappa shape index (κ3) is 2.87. The molecule has 5 nitrogen and oxygen atoms in total. The molecule has 6 heteroatoms. The second kappa shape index (κ2) is 5.65. The molecule has 18 heavy (non-hydrogen) atoms. The summed E-state index contributed by atoms with van der Waals surface area (Å²) < 4.78 is 10.4. The van der Waals surface area contributed by atoms with Gasteiger partial charge in [-0.25, -0.2) is 4.79 Å². The van der Waals surface area contributed by atoms with Crippen molar-refractivity contribution in [3.8, 4) is 17.6 Å². The smallest absolute Gasteiger partial charge is 0.331 e. The Morgan fingerprint density at radius 3 is 3.00 bits per heavy atom. The Morgan fingerprint density at radius 1 is 1.50 bits per heavy atom. The van der Waals surface area contributed by atoms with Gasteiger partial charge in [-0.1, -0.05) is 6.07 Å². The molecule has 1 N–H and O–H groups in total. The summed E-state index contributed by atoms with van der Waals surface area (Å²) in [5.41, 5.74) is 1.04. The number of carboxylic acids is 1. The predicted octanol–water partition coefficient (Wildman–Crippen LogP) is 1.67. The van der Waals surface area contributed by atoms with E-state index in [-0.39, 0.29) is 6.79 Å². The van der Waals surface area contributed by atoms with Crippen LogP contribution in [0, 0.1) is 11.3 Å². The maximum absolute atomic E-state index is 10.6. The van der Waals surface area contributed by atoms with Crippen LogP contribution >= 0.6 is 11.8 Å². The number of hydrogen-bond acceptors (Lipinski definition) is 5. The van der Waals surface area contributed by atoms with E-state index in [4.69, 9.17) is 19.8 Å². The minimum atomic E-state index is -1.09. The largest absolute Gasteiger partial charge is 0.480 e. The van der Waals surface area contributed by atoms with Crippen molar-refractivity contribution in [2.24, 2.45) is 0 Å². The number of nitrogens with zero attached hydrogens (tertiary/aromatic N) is 1. The lowest BCUT2D eigenvalue weighted by molar-refractivity contribution is -0.135. The number of nitriles is 1. The average Bonchev–Trinajstić information content (AvgIpc) is 2.81. The number of ether oxygens (including phenoxy) is 2. The Morgan fingerprint density at radius 2 is 2.28 bits per heavy atom. The highest BCUT2D eigenvalue weighted by Crippen LogP contribution is 2.32. The van der Waals surface area contributed by atoms with Crippen molar-refractivity contribution in [2.75, 3.05) is 12.5 Å². The lowest BCUT2D eigenvalue weighted by atomic mass is 10.1. The fraction of sp³-hybridized carbons (Fsp3) is 0.333. The number of carbonyl (C=O) groups is 1. The summed E-state index contributed by atoms with van der Waals surface area (Å²) in [7, 11) is 0. The summed E-state index contributed by atoms with van der Waals surface area (Å²) in [6.07, 6.45) is 0.687. The van der Waals surface area contributed by atoms with Gasteiger partial charge in [0.2, 0.25) is 6.79 Å². The van der Waals surface area contributed by atoms with Crippen molar-refractivity contribution in [2.45, 2.75) is 11.7 Å². The Balaban J connectivity index is 1.87. The summed E-state index contributed by atoms with van der Waals surface area (Å²) in [4.78, 5) is 10.6. The fourth-order valence-electron chi connectivity index (χ4n) is 1.55. The Bertz CT molecular complexity index is 497. The van der Waals surface area contributed by atoms with E-state index in [1.807, 2.05) is 18.2 Å². The van der Waals surface area contributed by atoms with Gasteiger partial charge in [0.15, 0.2) is 16.7 Å². The Hall–Kier alpha value is -1.87. The van der Waals surface area contributed by atoms with E-state index in [0.717, 1.165) is 23.1 Å². The highest BCUT2D eigenvalue weighted by Gasteiger charge is 2.17. The number of aryl methyl sites for hydroxylation is 1. The fourth-order valence-corrected chi connectivity index (χ4v) is 2.36. The number of carboxylic acid groups (broad SMARTS) is 1. The normalized spacial score (nSPS) is 13.9. The van der Waals surface area contributed by atoms with Gasteiger partial charge in [0.25, 0.3) is 0 Å². The molecule has 1 aromatic rings. The van der Waals surface area contributed by atoms with Gasteiger partial charge in [-0.3, -0.25) is 0 Å². The van der Waals surface area contributed by atoms with Gasteiger partial charge in [0.1, 0.15) is 0 Å². The second-order valence-corrected chi connectivity index (χ2v) is 4.87. The molecule has 0 saturated heterocycles. The van der Waals surface area contributed by atoms with E-state index in [1.165, 1.54) is 0 Å². The topological polar surface area (TPSA) is 79.5 Å². The molecule has 1 aliphatic heterocycles. The molecular weight excluding hydrogens is 254 g/mol. The van der Waals surface area contributed by atoms with Crippen molar-refractivity contribution in [3.63, 3.8) is 0 Å². The zero-order valence-electron chi connectivity index (χ0n) is 9.46. The van der Waals surface area contributed by atoms with Crippen molar-refractivity contribution in [1.82, 2.24) is 0 Å². The van der Waals surface area contributed by atoms with Gasteiger partial charge < -0.3 is 14.6 Å². The molecule has 1 atom stereocenters. The van der Waals surface area contributed by atoms with Crippen LogP contribution in [0.25, 0.3) is 0 Å². The standard InChI is InChI=1S/C12H11NO4S/c13-6-11(12(14)15)18-4-3-8-1-2-9-10(5-8)17-7-16-9/h1-2,5,11H,3-4,7H2,(H,14,15). The molecule has 0 amide bonds. The van der Waals surface area contributed by atoms with E-state index in [9.17, 15) is 4.79 Å². The van der Waals surface area contributed by atoms with Gasteiger partial charge in [-0.2, -0.15) is 5.26 Å². The van der Waals surface area contributed by atoms with E-state index in [2.05, 4.69) is 0 Å². The van der Waals surface area contributed by atoms with Crippen LogP contribution in [-0.2, 0) is 11.2 Å². The first-order chi connectivity index (χ1) is 8.70.